The molecule has 0 bridgehead atoms. The summed E-state index contributed by atoms with van der Waals surface area (Å²) in [5.41, 5.74) is 2.47. The summed E-state index contributed by atoms with van der Waals surface area (Å²) in [6.07, 6.45) is 4.44. The van der Waals surface area contributed by atoms with Crippen LogP contribution in [0.3, 0.4) is 0 Å². The fourth-order valence-corrected chi connectivity index (χ4v) is 5.03. The maximum atomic E-state index is 13.2. The normalized spacial score (nSPS) is 15.9. The van der Waals surface area contributed by atoms with E-state index in [-0.39, 0.29) is 11.5 Å². The third-order valence-corrected chi connectivity index (χ3v) is 6.63. The van der Waals surface area contributed by atoms with Gasteiger partial charge >= 0.3 is 0 Å². The van der Waals surface area contributed by atoms with Crippen molar-refractivity contribution in [1.29, 1.82) is 0 Å². The molecule has 1 atom stereocenters. The van der Waals surface area contributed by atoms with Gasteiger partial charge < -0.3 is 9.88 Å². The Kier molecular flexibility index (Phi) is 4.18. The van der Waals surface area contributed by atoms with Gasteiger partial charge in [-0.2, -0.15) is 0 Å². The van der Waals surface area contributed by atoms with Gasteiger partial charge in [0.15, 0.2) is 5.43 Å². The predicted molar refractivity (Wildman–Crippen MR) is 113 cm³/mol. The number of anilines is 1. The number of fused-ring (bicyclic) bond motifs is 2. The van der Waals surface area contributed by atoms with Crippen LogP contribution in [0.5, 0.6) is 0 Å². The summed E-state index contributed by atoms with van der Waals surface area (Å²) in [6, 6.07) is 11.4. The van der Waals surface area contributed by atoms with Crippen molar-refractivity contribution in [3.05, 3.63) is 85.0 Å². The minimum absolute atomic E-state index is 0.0157. The Hall–Kier alpha value is -2.70. The number of aryl methyl sites for hydroxylation is 1. The van der Waals surface area contributed by atoms with Crippen LogP contribution in [0, 0.1) is 0 Å². The third kappa shape index (κ3) is 2.72. The Balaban J connectivity index is 1.75. The standard InChI is InChI=1S/C21H17ClN4OS/c1-2-13-5-7-17(28-13)19-18-15(11-26(19)21-23-8-3-9-24-21)20(27)14-10-12(22)4-6-16(14)25-18/h3-10,19H,2,11H2,1H3,(H,25,27). The number of nitrogens with one attached hydrogen (secondary N) is 1. The molecule has 1 aliphatic rings. The van der Waals surface area contributed by atoms with Crippen LogP contribution in [0.2, 0.25) is 5.02 Å². The van der Waals surface area contributed by atoms with Crippen LogP contribution in [0.15, 0.2) is 53.6 Å². The lowest BCUT2D eigenvalue weighted by atomic mass is 10.1. The second-order valence-electron chi connectivity index (χ2n) is 6.77. The van der Waals surface area contributed by atoms with Crippen molar-refractivity contribution >= 4 is 39.8 Å². The Labute approximate surface area is 170 Å². The van der Waals surface area contributed by atoms with E-state index in [1.165, 1.54) is 9.75 Å². The van der Waals surface area contributed by atoms with E-state index in [0.717, 1.165) is 23.2 Å². The summed E-state index contributed by atoms with van der Waals surface area (Å²) in [5.74, 6) is 0.616. The number of aromatic nitrogens is 3. The number of rotatable bonds is 3. The molecule has 0 fully saturated rings. The van der Waals surface area contributed by atoms with Crippen LogP contribution in [0.4, 0.5) is 5.95 Å². The van der Waals surface area contributed by atoms with E-state index in [1.807, 2.05) is 6.07 Å². The van der Waals surface area contributed by atoms with Crippen LogP contribution in [-0.2, 0) is 13.0 Å². The highest BCUT2D eigenvalue weighted by Gasteiger charge is 2.37. The van der Waals surface area contributed by atoms with Crippen LogP contribution in [0.25, 0.3) is 10.9 Å². The van der Waals surface area contributed by atoms with Crippen molar-refractivity contribution in [2.24, 2.45) is 0 Å². The number of pyridine rings is 1. The third-order valence-electron chi connectivity index (χ3n) is 5.12. The van der Waals surface area contributed by atoms with Crippen molar-refractivity contribution in [1.82, 2.24) is 15.0 Å². The summed E-state index contributed by atoms with van der Waals surface area (Å²) in [5, 5.41) is 1.17. The molecule has 0 radical (unpaired) electrons. The van der Waals surface area contributed by atoms with Gasteiger partial charge in [0.25, 0.3) is 0 Å². The van der Waals surface area contributed by atoms with Gasteiger partial charge in [-0.05, 0) is 42.8 Å². The molecule has 4 aromatic rings. The van der Waals surface area contributed by atoms with E-state index >= 15 is 0 Å². The fourth-order valence-electron chi connectivity index (χ4n) is 3.78. The summed E-state index contributed by atoms with van der Waals surface area (Å²) in [7, 11) is 0. The Morgan fingerprint density at radius 2 is 2.07 bits per heavy atom. The number of nitrogens with zero attached hydrogens (tertiary/aromatic N) is 3. The Morgan fingerprint density at radius 1 is 1.25 bits per heavy atom. The molecule has 0 amide bonds. The highest BCUT2D eigenvalue weighted by Crippen LogP contribution is 2.41. The first-order chi connectivity index (χ1) is 13.7. The van der Waals surface area contributed by atoms with Gasteiger partial charge in [0, 0.05) is 43.6 Å². The van der Waals surface area contributed by atoms with Gasteiger partial charge in [0.2, 0.25) is 5.95 Å². The Bertz CT molecular complexity index is 1230. The van der Waals surface area contributed by atoms with Crippen molar-refractivity contribution < 1.29 is 0 Å². The molecule has 0 saturated carbocycles. The first-order valence-electron chi connectivity index (χ1n) is 9.12. The number of benzene rings is 1. The number of aromatic amines is 1. The van der Waals surface area contributed by atoms with Gasteiger partial charge in [0.05, 0.1) is 12.2 Å². The lowest BCUT2D eigenvalue weighted by Crippen LogP contribution is -2.24. The summed E-state index contributed by atoms with van der Waals surface area (Å²) in [4.78, 5) is 30.2. The molecule has 0 aliphatic carbocycles. The van der Waals surface area contributed by atoms with Crippen LogP contribution >= 0.6 is 22.9 Å². The minimum Gasteiger partial charge on any atom is -0.356 e. The first-order valence-corrected chi connectivity index (χ1v) is 10.3. The maximum Gasteiger partial charge on any atom is 0.226 e. The average molecular weight is 409 g/mol. The van der Waals surface area contributed by atoms with E-state index in [2.05, 4.69) is 38.9 Å². The predicted octanol–water partition coefficient (Wildman–Crippen LogP) is 4.71. The van der Waals surface area contributed by atoms with Crippen molar-refractivity contribution in [3.8, 4) is 0 Å². The fraction of sp³-hybridized carbons (Fsp3) is 0.190. The van der Waals surface area contributed by atoms with Crippen molar-refractivity contribution in [2.75, 3.05) is 4.90 Å². The van der Waals surface area contributed by atoms with Gasteiger partial charge in [-0.3, -0.25) is 4.79 Å². The topological polar surface area (TPSA) is 61.9 Å². The summed E-state index contributed by atoms with van der Waals surface area (Å²) >= 11 is 7.89. The van der Waals surface area contributed by atoms with Gasteiger partial charge in [0.1, 0.15) is 6.04 Å². The molecule has 0 spiro atoms. The van der Waals surface area contributed by atoms with Crippen LogP contribution in [0.1, 0.15) is 34.0 Å². The molecule has 4 heterocycles. The zero-order chi connectivity index (χ0) is 19.3. The lowest BCUT2D eigenvalue weighted by molar-refractivity contribution is 0.738. The molecular formula is C21H17ClN4OS. The highest BCUT2D eigenvalue weighted by molar-refractivity contribution is 7.12. The monoisotopic (exact) mass is 408 g/mol. The molecular weight excluding hydrogens is 392 g/mol. The average Bonchev–Trinajstić information content (AvgIpc) is 3.34. The number of H-pyrrole nitrogens is 1. The zero-order valence-corrected chi connectivity index (χ0v) is 16.7. The van der Waals surface area contributed by atoms with E-state index in [4.69, 9.17) is 11.6 Å². The van der Waals surface area contributed by atoms with Crippen molar-refractivity contribution in [3.63, 3.8) is 0 Å². The molecule has 5 rings (SSSR count). The van der Waals surface area contributed by atoms with E-state index in [9.17, 15) is 4.79 Å². The van der Waals surface area contributed by atoms with Gasteiger partial charge in [-0.1, -0.05) is 18.5 Å². The van der Waals surface area contributed by atoms with E-state index in [0.29, 0.717) is 22.9 Å². The quantitative estimate of drug-likeness (QED) is 0.533. The SMILES string of the molecule is CCc1ccc(C2c3[nH]c4ccc(Cl)cc4c(=O)c3CN2c2ncccn2)s1. The second-order valence-corrected chi connectivity index (χ2v) is 8.41. The molecule has 0 saturated heterocycles. The highest BCUT2D eigenvalue weighted by atomic mass is 35.5. The minimum atomic E-state index is -0.115. The molecule has 140 valence electrons. The molecule has 1 aliphatic heterocycles. The first kappa shape index (κ1) is 17.4. The Morgan fingerprint density at radius 3 is 2.82 bits per heavy atom. The van der Waals surface area contributed by atoms with E-state index in [1.54, 1.807) is 41.9 Å². The molecule has 5 nitrogen and oxygen atoms in total. The van der Waals surface area contributed by atoms with Crippen LogP contribution in [-0.4, -0.2) is 15.0 Å². The summed E-state index contributed by atoms with van der Waals surface area (Å²) in [6.45, 7) is 2.61. The van der Waals surface area contributed by atoms with Crippen LogP contribution < -0.4 is 10.3 Å². The van der Waals surface area contributed by atoms with Crippen molar-refractivity contribution in [2.45, 2.75) is 25.9 Å². The summed E-state index contributed by atoms with van der Waals surface area (Å²) < 4.78 is 0. The number of thiophene rings is 1. The smallest absolute Gasteiger partial charge is 0.226 e. The number of hydrogen-bond donors (Lipinski definition) is 1. The number of hydrogen-bond acceptors (Lipinski definition) is 5. The molecule has 28 heavy (non-hydrogen) atoms. The molecule has 3 aromatic heterocycles. The zero-order valence-electron chi connectivity index (χ0n) is 15.1. The number of halogens is 1. The van der Waals surface area contributed by atoms with E-state index < -0.39 is 0 Å². The molecule has 1 aromatic carbocycles. The molecule has 7 heteroatoms. The van der Waals surface area contributed by atoms with Gasteiger partial charge in [-0.15, -0.1) is 11.3 Å². The largest absolute Gasteiger partial charge is 0.356 e. The molecule has 1 unspecified atom stereocenters. The maximum absolute atomic E-state index is 13.2. The molecule has 1 N–H and O–H groups in total. The lowest BCUT2D eigenvalue weighted by Gasteiger charge is -2.24. The second kappa shape index (κ2) is 6.72. The van der Waals surface area contributed by atoms with Gasteiger partial charge in [-0.25, -0.2) is 9.97 Å².